The van der Waals surface area contributed by atoms with Gasteiger partial charge in [-0.2, -0.15) is 4.80 Å². The zero-order chi connectivity index (χ0) is 12.1. The molecule has 6 nitrogen and oxygen atoms in total. The lowest BCUT2D eigenvalue weighted by atomic mass is 10.1. The lowest BCUT2D eigenvalue weighted by molar-refractivity contribution is -0.118. The van der Waals surface area contributed by atoms with Gasteiger partial charge < -0.3 is 0 Å². The first-order valence-corrected chi connectivity index (χ1v) is 5.38. The van der Waals surface area contributed by atoms with E-state index in [4.69, 9.17) is 0 Å². The second-order valence-electron chi connectivity index (χ2n) is 3.73. The number of rotatable bonds is 5. The number of carbonyl (C=O) groups excluding carboxylic acids is 1. The minimum absolute atomic E-state index is 0.101. The Hall–Kier alpha value is -2.11. The molecular weight excluding hydrogens is 218 g/mol. The second-order valence-corrected chi connectivity index (χ2v) is 3.73. The molecule has 0 bridgehead atoms. The van der Waals surface area contributed by atoms with Crippen molar-refractivity contribution < 1.29 is 4.79 Å². The van der Waals surface area contributed by atoms with Crippen LogP contribution < -0.4 is 0 Å². The number of carbonyl (C=O) groups is 1. The van der Waals surface area contributed by atoms with Gasteiger partial charge in [-0.25, -0.2) is 0 Å². The molecule has 0 radical (unpaired) electrons. The molecule has 2 heterocycles. The van der Waals surface area contributed by atoms with Crippen LogP contribution in [0.5, 0.6) is 0 Å². The molecule has 6 heteroatoms. The number of nitrogens with zero attached hydrogens (tertiary/aromatic N) is 5. The summed E-state index contributed by atoms with van der Waals surface area (Å²) in [5.41, 5.74) is 0.924. The van der Waals surface area contributed by atoms with Crippen molar-refractivity contribution in [3.8, 4) is 0 Å². The number of Topliss-reactive ketones (excluding diaryl/α,β-unsaturated/α-hetero) is 1. The van der Waals surface area contributed by atoms with E-state index in [1.165, 1.54) is 4.80 Å². The number of pyridine rings is 1. The van der Waals surface area contributed by atoms with E-state index in [9.17, 15) is 4.79 Å². The Morgan fingerprint density at radius 1 is 1.41 bits per heavy atom. The van der Waals surface area contributed by atoms with Crippen molar-refractivity contribution in [2.45, 2.75) is 19.3 Å². The fraction of sp³-hybridized carbons (Fsp3) is 0.364. The Kier molecular flexibility index (Phi) is 3.54. The molecular formula is C11H13N5O. The molecule has 2 aromatic heterocycles. The van der Waals surface area contributed by atoms with E-state index in [-0.39, 0.29) is 12.2 Å². The van der Waals surface area contributed by atoms with E-state index in [1.54, 1.807) is 13.2 Å². The maximum atomic E-state index is 11.7. The summed E-state index contributed by atoms with van der Waals surface area (Å²) < 4.78 is 0. The molecule has 0 amide bonds. The van der Waals surface area contributed by atoms with Crippen molar-refractivity contribution >= 4 is 5.78 Å². The van der Waals surface area contributed by atoms with Crippen LogP contribution in [0, 0.1) is 0 Å². The van der Waals surface area contributed by atoms with Gasteiger partial charge in [0.05, 0.1) is 13.5 Å². The average Bonchev–Trinajstić information content (AvgIpc) is 2.73. The van der Waals surface area contributed by atoms with E-state index in [0.29, 0.717) is 18.7 Å². The molecule has 0 unspecified atom stereocenters. The van der Waals surface area contributed by atoms with Gasteiger partial charge in [0, 0.05) is 18.3 Å². The van der Waals surface area contributed by atoms with Gasteiger partial charge in [0.25, 0.3) is 0 Å². The zero-order valence-electron chi connectivity index (χ0n) is 9.58. The van der Waals surface area contributed by atoms with Crippen molar-refractivity contribution in [3.05, 3.63) is 35.9 Å². The Balaban J connectivity index is 1.82. The number of tetrazole rings is 1. The monoisotopic (exact) mass is 231 g/mol. The smallest absolute Gasteiger partial charge is 0.182 e. The number of aromatic nitrogens is 5. The minimum atomic E-state index is 0.101. The third kappa shape index (κ3) is 3.44. The van der Waals surface area contributed by atoms with Crippen LogP contribution in [-0.2, 0) is 24.7 Å². The predicted molar refractivity (Wildman–Crippen MR) is 60.1 cm³/mol. The van der Waals surface area contributed by atoms with E-state index in [0.717, 1.165) is 5.69 Å². The highest BCUT2D eigenvalue weighted by Gasteiger charge is 2.08. The zero-order valence-corrected chi connectivity index (χ0v) is 9.58. The van der Waals surface area contributed by atoms with E-state index in [2.05, 4.69) is 20.4 Å². The average molecular weight is 231 g/mol. The molecule has 0 aliphatic rings. The normalized spacial score (nSPS) is 10.4. The summed E-state index contributed by atoms with van der Waals surface area (Å²) in [6.45, 7) is 0. The summed E-state index contributed by atoms with van der Waals surface area (Å²) in [6, 6.07) is 5.68. The van der Waals surface area contributed by atoms with Crippen LogP contribution in [0.3, 0.4) is 0 Å². The topological polar surface area (TPSA) is 73.6 Å². The summed E-state index contributed by atoms with van der Waals surface area (Å²) in [5.74, 6) is 0.571. The van der Waals surface area contributed by atoms with E-state index < -0.39 is 0 Å². The SMILES string of the molecule is Cn1nnc(CC(=O)CCc2ccccn2)n1. The molecule has 0 N–H and O–H groups in total. The second kappa shape index (κ2) is 5.29. The van der Waals surface area contributed by atoms with Crippen molar-refractivity contribution in [2.75, 3.05) is 0 Å². The third-order valence-corrected chi connectivity index (χ3v) is 2.29. The van der Waals surface area contributed by atoms with Crippen molar-refractivity contribution in [2.24, 2.45) is 7.05 Å². The molecule has 88 valence electrons. The van der Waals surface area contributed by atoms with Crippen LogP contribution >= 0.6 is 0 Å². The van der Waals surface area contributed by atoms with E-state index >= 15 is 0 Å². The molecule has 2 rings (SSSR count). The molecule has 0 fully saturated rings. The molecule has 0 aromatic carbocycles. The van der Waals surface area contributed by atoms with Gasteiger partial charge in [0.1, 0.15) is 5.78 Å². The lowest BCUT2D eigenvalue weighted by Gasteiger charge is -1.98. The van der Waals surface area contributed by atoms with Crippen LogP contribution in [-0.4, -0.2) is 31.0 Å². The predicted octanol–water partition coefficient (Wildman–Crippen LogP) is 0.349. The fourth-order valence-electron chi connectivity index (χ4n) is 1.47. The Morgan fingerprint density at radius 3 is 2.94 bits per heavy atom. The number of ketones is 1. The first kappa shape index (κ1) is 11.4. The van der Waals surface area contributed by atoms with Crippen LogP contribution in [0.15, 0.2) is 24.4 Å². The van der Waals surface area contributed by atoms with Gasteiger partial charge >= 0.3 is 0 Å². The summed E-state index contributed by atoms with van der Waals surface area (Å²) in [7, 11) is 1.68. The summed E-state index contributed by atoms with van der Waals surface area (Å²) in [6.07, 6.45) is 3.07. The Bertz CT molecular complexity index is 494. The van der Waals surface area contributed by atoms with Gasteiger partial charge in [0.15, 0.2) is 5.82 Å². The van der Waals surface area contributed by atoms with Gasteiger partial charge in [0.2, 0.25) is 0 Å². The van der Waals surface area contributed by atoms with Crippen LogP contribution in [0.1, 0.15) is 17.9 Å². The quantitative estimate of drug-likeness (QED) is 0.742. The summed E-state index contributed by atoms with van der Waals surface area (Å²) >= 11 is 0. The third-order valence-electron chi connectivity index (χ3n) is 2.29. The standard InChI is InChI=1S/C11H13N5O/c1-16-14-11(13-15-16)8-10(17)6-5-9-4-2-3-7-12-9/h2-4,7H,5-6,8H2,1H3. The molecule has 0 aliphatic carbocycles. The largest absolute Gasteiger partial charge is 0.299 e. The van der Waals surface area contributed by atoms with Crippen molar-refractivity contribution in [3.63, 3.8) is 0 Å². The van der Waals surface area contributed by atoms with Crippen LogP contribution in [0.4, 0.5) is 0 Å². The van der Waals surface area contributed by atoms with Crippen molar-refractivity contribution in [1.29, 1.82) is 0 Å². The number of aryl methyl sites for hydroxylation is 2. The minimum Gasteiger partial charge on any atom is -0.299 e. The van der Waals surface area contributed by atoms with Gasteiger partial charge in [-0.1, -0.05) is 6.07 Å². The molecule has 0 atom stereocenters. The van der Waals surface area contributed by atoms with Gasteiger partial charge in [-0.3, -0.25) is 9.78 Å². The summed E-state index contributed by atoms with van der Waals surface area (Å²) in [4.78, 5) is 17.2. The molecule has 0 aliphatic heterocycles. The van der Waals surface area contributed by atoms with E-state index in [1.807, 2.05) is 18.2 Å². The Morgan fingerprint density at radius 2 is 2.29 bits per heavy atom. The Labute approximate surface area is 98.7 Å². The molecule has 0 saturated carbocycles. The molecule has 0 saturated heterocycles. The number of hydrogen-bond donors (Lipinski definition) is 0. The fourth-order valence-corrected chi connectivity index (χ4v) is 1.47. The molecule has 0 spiro atoms. The lowest BCUT2D eigenvalue weighted by Crippen LogP contribution is -2.06. The maximum absolute atomic E-state index is 11.7. The molecule has 17 heavy (non-hydrogen) atoms. The summed E-state index contributed by atoms with van der Waals surface area (Å²) in [5, 5.41) is 11.4. The maximum Gasteiger partial charge on any atom is 0.182 e. The highest BCUT2D eigenvalue weighted by atomic mass is 16.1. The highest BCUT2D eigenvalue weighted by Crippen LogP contribution is 2.01. The first-order valence-electron chi connectivity index (χ1n) is 5.38. The number of hydrogen-bond acceptors (Lipinski definition) is 5. The molecule has 2 aromatic rings. The highest BCUT2D eigenvalue weighted by molar-refractivity contribution is 5.80. The van der Waals surface area contributed by atoms with Crippen LogP contribution in [0.25, 0.3) is 0 Å². The van der Waals surface area contributed by atoms with Gasteiger partial charge in [-0.15, -0.1) is 10.2 Å². The van der Waals surface area contributed by atoms with Crippen LogP contribution in [0.2, 0.25) is 0 Å². The van der Waals surface area contributed by atoms with Gasteiger partial charge in [-0.05, 0) is 23.8 Å². The van der Waals surface area contributed by atoms with Crippen molar-refractivity contribution in [1.82, 2.24) is 25.2 Å². The first-order chi connectivity index (χ1) is 8.24.